The van der Waals surface area contributed by atoms with Gasteiger partial charge in [0, 0.05) is 0 Å². The fourth-order valence-corrected chi connectivity index (χ4v) is 0.892. The summed E-state index contributed by atoms with van der Waals surface area (Å²) in [5.41, 5.74) is 0. The number of rotatable bonds is 2. The first-order chi connectivity index (χ1) is 3.13. The van der Waals surface area contributed by atoms with E-state index in [9.17, 15) is 0 Å². The van der Waals surface area contributed by atoms with Gasteiger partial charge in [0.05, 0.1) is 0 Å². The molecule has 0 spiro atoms. The summed E-state index contributed by atoms with van der Waals surface area (Å²) in [4.78, 5) is 2.21. The topological polar surface area (TPSA) is 0 Å². The van der Waals surface area contributed by atoms with Crippen LogP contribution in [0.15, 0.2) is 0 Å². The van der Waals surface area contributed by atoms with Crippen LogP contribution in [-0.4, -0.2) is 24.6 Å². The zero-order chi connectivity index (χ0) is 5.86. The molecule has 0 aromatic carbocycles. The molecular formula is C4H8B2S. The quantitative estimate of drug-likeness (QED) is 0.444. The van der Waals surface area contributed by atoms with Gasteiger partial charge in [-0.15, -0.1) is 0 Å². The van der Waals surface area contributed by atoms with Crippen LogP contribution in [-0.2, 0) is 0 Å². The molecule has 0 nitrogen and oxygen atoms in total. The van der Waals surface area contributed by atoms with Gasteiger partial charge in [0.2, 0.25) is 0 Å². The Morgan fingerprint density at radius 2 is 1.43 bits per heavy atom. The Labute approximate surface area is 50.8 Å². The van der Waals surface area contributed by atoms with E-state index in [2.05, 4.69) is 15.0 Å². The molecule has 0 heterocycles. The summed E-state index contributed by atoms with van der Waals surface area (Å²) in [5, 5.41) is 0. The molecule has 7 heavy (non-hydrogen) atoms. The summed E-state index contributed by atoms with van der Waals surface area (Å²) in [5.74, 6) is 0. The van der Waals surface area contributed by atoms with E-state index < -0.39 is 0 Å². The molecule has 0 saturated carbocycles. The fourth-order valence-electron chi connectivity index (χ4n) is 0.297. The second-order valence-electron chi connectivity index (χ2n) is 1.51. The minimum atomic E-state index is 1.10. The third kappa shape index (κ3) is 6.22. The SMILES string of the molecule is B=C(C)SC(=B)C. The zero-order valence-corrected chi connectivity index (χ0v) is 5.64. The first-order valence-electron chi connectivity index (χ1n) is 2.12. The predicted octanol–water partition coefficient (Wildman–Crippen LogP) is -0.179. The van der Waals surface area contributed by atoms with Gasteiger partial charge in [0.1, 0.15) is 0 Å². The average molecular weight is 110 g/mol. The van der Waals surface area contributed by atoms with E-state index in [4.69, 9.17) is 0 Å². The molecule has 0 bridgehead atoms. The van der Waals surface area contributed by atoms with E-state index in [1.807, 2.05) is 13.8 Å². The van der Waals surface area contributed by atoms with Gasteiger partial charge in [-0.3, -0.25) is 0 Å². The maximum atomic E-state index is 3.70. The molecule has 0 unspecified atom stereocenters. The molecule has 0 aromatic rings. The summed E-state index contributed by atoms with van der Waals surface area (Å²) in [6.45, 7) is 3.94. The predicted molar refractivity (Wildman–Crippen MR) is 43.3 cm³/mol. The minimum absolute atomic E-state index is 1.10. The van der Waals surface area contributed by atoms with Crippen LogP contribution in [0.3, 0.4) is 0 Å². The van der Waals surface area contributed by atoms with Crippen molar-refractivity contribution in [3.8, 4) is 0 Å². The van der Waals surface area contributed by atoms with Crippen LogP contribution in [0.1, 0.15) is 13.8 Å². The molecule has 0 N–H and O–H groups in total. The van der Waals surface area contributed by atoms with Crippen LogP contribution in [0.5, 0.6) is 0 Å². The Hall–Kier alpha value is 0.220. The molecular weight excluding hydrogens is 102 g/mol. The van der Waals surface area contributed by atoms with E-state index in [1.54, 1.807) is 11.8 Å². The van der Waals surface area contributed by atoms with Crippen LogP contribution in [0.4, 0.5) is 0 Å². The van der Waals surface area contributed by atoms with Crippen molar-refractivity contribution >= 4 is 36.3 Å². The maximum absolute atomic E-state index is 3.70. The number of thioether (sulfide) groups is 1. The van der Waals surface area contributed by atoms with Crippen molar-refractivity contribution in [2.24, 2.45) is 0 Å². The summed E-state index contributed by atoms with van der Waals surface area (Å²) < 4.78 is 0. The molecule has 0 aliphatic carbocycles. The molecule has 36 valence electrons. The van der Waals surface area contributed by atoms with E-state index in [0.717, 1.165) is 9.59 Å². The van der Waals surface area contributed by atoms with Crippen molar-refractivity contribution in [2.75, 3.05) is 0 Å². The molecule has 0 atom stereocenters. The van der Waals surface area contributed by atoms with Crippen molar-refractivity contribution in [3.05, 3.63) is 0 Å². The molecule has 0 aromatic heterocycles. The van der Waals surface area contributed by atoms with E-state index >= 15 is 0 Å². The van der Waals surface area contributed by atoms with Gasteiger partial charge in [-0.1, -0.05) is 0 Å². The molecule has 0 aliphatic rings. The molecule has 3 heteroatoms. The van der Waals surface area contributed by atoms with Crippen LogP contribution in [0.2, 0.25) is 0 Å². The summed E-state index contributed by atoms with van der Waals surface area (Å²) in [6.07, 6.45) is 0. The molecule has 0 saturated heterocycles. The van der Waals surface area contributed by atoms with Gasteiger partial charge in [-0.25, -0.2) is 0 Å². The Kier molecular flexibility index (Phi) is 3.35. The van der Waals surface area contributed by atoms with Gasteiger partial charge in [-0.05, 0) is 0 Å². The van der Waals surface area contributed by atoms with Crippen LogP contribution in [0.25, 0.3) is 0 Å². The Balaban J connectivity index is 3.32. The molecule has 0 fully saturated rings. The van der Waals surface area contributed by atoms with Gasteiger partial charge < -0.3 is 0 Å². The third-order valence-electron chi connectivity index (χ3n) is 0.348. The van der Waals surface area contributed by atoms with Crippen molar-refractivity contribution in [2.45, 2.75) is 13.8 Å². The normalized spacial score (nSPS) is 8.00. The monoisotopic (exact) mass is 110 g/mol. The van der Waals surface area contributed by atoms with Gasteiger partial charge >= 0.3 is 50.2 Å². The first-order valence-corrected chi connectivity index (χ1v) is 2.93. The standard InChI is InChI=1S/C4H8B2S/c1-3(5)7-4(2)6/h5-6H,1-2H3. The van der Waals surface area contributed by atoms with Crippen molar-refractivity contribution in [3.63, 3.8) is 0 Å². The van der Waals surface area contributed by atoms with Gasteiger partial charge in [0.25, 0.3) is 0 Å². The molecule has 0 radical (unpaired) electrons. The van der Waals surface area contributed by atoms with E-state index in [-0.39, 0.29) is 0 Å². The second-order valence-corrected chi connectivity index (χ2v) is 3.10. The van der Waals surface area contributed by atoms with Crippen molar-refractivity contribution < 1.29 is 0 Å². The zero-order valence-electron chi connectivity index (χ0n) is 4.82. The van der Waals surface area contributed by atoms with Crippen LogP contribution < -0.4 is 0 Å². The average Bonchev–Trinajstić information content (AvgIpc) is 1.27. The van der Waals surface area contributed by atoms with Crippen LogP contribution in [0, 0.1) is 0 Å². The third-order valence-corrected chi connectivity index (χ3v) is 1.05. The fraction of sp³-hybridized carbons (Fsp3) is 0.500. The van der Waals surface area contributed by atoms with Crippen molar-refractivity contribution in [1.29, 1.82) is 0 Å². The number of hydrogen-bond acceptors (Lipinski definition) is 1. The first kappa shape index (κ1) is 7.22. The van der Waals surface area contributed by atoms with Gasteiger partial charge in [-0.2, -0.15) is 0 Å². The van der Waals surface area contributed by atoms with Crippen molar-refractivity contribution in [1.82, 2.24) is 0 Å². The summed E-state index contributed by atoms with van der Waals surface area (Å²) >= 11 is 1.62. The van der Waals surface area contributed by atoms with E-state index in [1.165, 1.54) is 0 Å². The molecule has 0 rings (SSSR count). The molecule has 0 aliphatic heterocycles. The Morgan fingerprint density at radius 3 is 1.43 bits per heavy atom. The second kappa shape index (κ2) is 3.25. The Bertz CT molecular complexity index is 85.9. The number of hydrogen-bond donors (Lipinski definition) is 0. The van der Waals surface area contributed by atoms with Gasteiger partial charge in [0.15, 0.2) is 0 Å². The Morgan fingerprint density at radius 1 is 1.14 bits per heavy atom. The summed E-state index contributed by atoms with van der Waals surface area (Å²) in [7, 11) is 7.39. The molecule has 0 amide bonds. The van der Waals surface area contributed by atoms with E-state index in [0.29, 0.717) is 0 Å². The van der Waals surface area contributed by atoms with Crippen LogP contribution >= 0.6 is 11.8 Å². The summed E-state index contributed by atoms with van der Waals surface area (Å²) in [6, 6.07) is 0.